The minimum atomic E-state index is -0.813. The second kappa shape index (κ2) is 11.3. The molecule has 8 nitrogen and oxygen atoms in total. The first-order chi connectivity index (χ1) is 16.0. The Kier molecular flexibility index (Phi) is 8.02. The van der Waals surface area contributed by atoms with Crippen molar-refractivity contribution in [3.05, 3.63) is 83.9 Å². The van der Waals surface area contributed by atoms with E-state index in [0.717, 1.165) is 0 Å². The lowest BCUT2D eigenvalue weighted by Crippen LogP contribution is -2.17. The SMILES string of the molecule is CCOC(=O)Oc1ccc(C(=O)Nc2ccccc2NC(=O)c2ccc(OCC)cc2)cc1. The maximum atomic E-state index is 12.7. The predicted octanol–water partition coefficient (Wildman–Crippen LogP) is 5.13. The largest absolute Gasteiger partial charge is 0.513 e. The van der Waals surface area contributed by atoms with Gasteiger partial charge in [0.05, 0.1) is 24.6 Å². The highest BCUT2D eigenvalue weighted by atomic mass is 16.7. The molecule has 0 unspecified atom stereocenters. The third-order valence-electron chi connectivity index (χ3n) is 4.43. The number of amides is 2. The number of anilines is 2. The molecule has 0 fully saturated rings. The Morgan fingerprint density at radius 3 is 1.61 bits per heavy atom. The predicted molar refractivity (Wildman–Crippen MR) is 124 cm³/mol. The molecule has 3 aromatic rings. The van der Waals surface area contributed by atoms with Crippen molar-refractivity contribution < 1.29 is 28.6 Å². The molecule has 2 N–H and O–H groups in total. The number of hydrogen-bond donors (Lipinski definition) is 2. The molecule has 0 aromatic heterocycles. The summed E-state index contributed by atoms with van der Waals surface area (Å²) in [6.45, 7) is 4.30. The average molecular weight is 448 g/mol. The summed E-state index contributed by atoms with van der Waals surface area (Å²) in [7, 11) is 0. The number of nitrogens with one attached hydrogen (secondary N) is 2. The van der Waals surface area contributed by atoms with Gasteiger partial charge >= 0.3 is 6.16 Å². The van der Waals surface area contributed by atoms with Crippen LogP contribution in [0.3, 0.4) is 0 Å². The molecule has 8 heteroatoms. The second-order valence-electron chi connectivity index (χ2n) is 6.72. The van der Waals surface area contributed by atoms with Gasteiger partial charge in [0, 0.05) is 11.1 Å². The number of hydrogen-bond acceptors (Lipinski definition) is 6. The van der Waals surface area contributed by atoms with Gasteiger partial charge in [0.2, 0.25) is 0 Å². The van der Waals surface area contributed by atoms with Gasteiger partial charge in [-0.3, -0.25) is 9.59 Å². The quantitative estimate of drug-likeness (QED) is 0.366. The van der Waals surface area contributed by atoms with Crippen LogP contribution < -0.4 is 20.1 Å². The molecule has 0 atom stereocenters. The molecule has 0 aliphatic heterocycles. The van der Waals surface area contributed by atoms with Gasteiger partial charge in [-0.2, -0.15) is 0 Å². The summed E-state index contributed by atoms with van der Waals surface area (Å²) in [5.41, 5.74) is 1.69. The molecular weight excluding hydrogens is 424 g/mol. The Hall–Kier alpha value is -4.33. The number of carbonyl (C=O) groups is 3. The third-order valence-corrected chi connectivity index (χ3v) is 4.43. The first-order valence-corrected chi connectivity index (χ1v) is 10.4. The molecule has 170 valence electrons. The standard InChI is InChI=1S/C25H24N2O6/c1-3-31-19-13-9-17(10-14-19)23(28)26-21-7-5-6-8-22(21)27-24(29)18-11-15-20(16-12-18)33-25(30)32-4-2/h5-16H,3-4H2,1-2H3,(H,26,28)(H,27,29). The van der Waals surface area contributed by atoms with Crippen LogP contribution >= 0.6 is 0 Å². The molecule has 0 radical (unpaired) electrons. The van der Waals surface area contributed by atoms with Gasteiger partial charge in [-0.05, 0) is 74.5 Å². The van der Waals surface area contributed by atoms with Crippen molar-refractivity contribution >= 4 is 29.3 Å². The van der Waals surface area contributed by atoms with Gasteiger partial charge < -0.3 is 24.8 Å². The zero-order valence-electron chi connectivity index (χ0n) is 18.3. The molecule has 0 bridgehead atoms. The fraction of sp³-hybridized carbons (Fsp3) is 0.160. The summed E-state index contributed by atoms with van der Waals surface area (Å²) in [6.07, 6.45) is -0.813. The zero-order valence-corrected chi connectivity index (χ0v) is 18.3. The Morgan fingerprint density at radius 1 is 0.667 bits per heavy atom. The summed E-state index contributed by atoms with van der Waals surface area (Å²) in [6, 6.07) is 19.7. The number of rotatable bonds is 8. The molecule has 0 heterocycles. The summed E-state index contributed by atoms with van der Waals surface area (Å²) >= 11 is 0. The van der Waals surface area contributed by atoms with Crippen LogP contribution in [-0.4, -0.2) is 31.2 Å². The summed E-state index contributed by atoms with van der Waals surface area (Å²) in [4.78, 5) is 36.7. The topological polar surface area (TPSA) is 103 Å². The van der Waals surface area contributed by atoms with Gasteiger partial charge in [-0.15, -0.1) is 0 Å². The van der Waals surface area contributed by atoms with Crippen LogP contribution in [0.2, 0.25) is 0 Å². The second-order valence-corrected chi connectivity index (χ2v) is 6.72. The summed E-state index contributed by atoms with van der Waals surface area (Å²) in [5.74, 6) is 0.231. The minimum absolute atomic E-state index is 0.202. The van der Waals surface area contributed by atoms with Crippen LogP contribution in [0.15, 0.2) is 72.8 Å². The number of benzene rings is 3. The highest BCUT2D eigenvalue weighted by molar-refractivity contribution is 6.10. The molecule has 0 saturated carbocycles. The molecule has 0 saturated heterocycles. The van der Waals surface area contributed by atoms with E-state index < -0.39 is 6.16 Å². The van der Waals surface area contributed by atoms with Crippen molar-refractivity contribution in [2.75, 3.05) is 23.8 Å². The zero-order chi connectivity index (χ0) is 23.6. The van der Waals surface area contributed by atoms with E-state index in [4.69, 9.17) is 14.2 Å². The number of para-hydroxylation sites is 2. The van der Waals surface area contributed by atoms with E-state index in [1.807, 2.05) is 6.92 Å². The van der Waals surface area contributed by atoms with Crippen molar-refractivity contribution in [1.82, 2.24) is 0 Å². The van der Waals surface area contributed by atoms with E-state index in [1.165, 1.54) is 24.3 Å². The smallest absolute Gasteiger partial charge is 0.494 e. The summed E-state index contributed by atoms with van der Waals surface area (Å²) < 4.78 is 15.1. The lowest BCUT2D eigenvalue weighted by Gasteiger charge is -2.13. The Labute approximate surface area is 191 Å². The maximum Gasteiger partial charge on any atom is 0.513 e. The molecule has 0 aliphatic rings. The van der Waals surface area contributed by atoms with Crippen molar-refractivity contribution in [2.45, 2.75) is 13.8 Å². The highest BCUT2D eigenvalue weighted by Crippen LogP contribution is 2.23. The van der Waals surface area contributed by atoms with Crippen molar-refractivity contribution in [1.29, 1.82) is 0 Å². The first-order valence-electron chi connectivity index (χ1n) is 10.4. The lowest BCUT2D eigenvalue weighted by atomic mass is 10.1. The van der Waals surface area contributed by atoms with Crippen LogP contribution in [0, 0.1) is 0 Å². The van der Waals surface area contributed by atoms with Crippen LogP contribution in [0.5, 0.6) is 11.5 Å². The lowest BCUT2D eigenvalue weighted by molar-refractivity contribution is 0.101. The third kappa shape index (κ3) is 6.57. The average Bonchev–Trinajstić information content (AvgIpc) is 2.81. The van der Waals surface area contributed by atoms with Gasteiger partial charge in [0.1, 0.15) is 11.5 Å². The van der Waals surface area contributed by atoms with Crippen molar-refractivity contribution in [2.24, 2.45) is 0 Å². The van der Waals surface area contributed by atoms with Crippen LogP contribution in [0.25, 0.3) is 0 Å². The highest BCUT2D eigenvalue weighted by Gasteiger charge is 2.13. The monoisotopic (exact) mass is 448 g/mol. The molecule has 3 rings (SSSR count). The van der Waals surface area contributed by atoms with E-state index in [9.17, 15) is 14.4 Å². The number of carbonyl (C=O) groups excluding carboxylic acids is 3. The fourth-order valence-electron chi connectivity index (χ4n) is 2.88. The molecular formula is C25H24N2O6. The minimum Gasteiger partial charge on any atom is -0.494 e. The van der Waals surface area contributed by atoms with Crippen molar-refractivity contribution in [3.8, 4) is 11.5 Å². The molecule has 0 aliphatic carbocycles. The van der Waals surface area contributed by atoms with E-state index in [2.05, 4.69) is 10.6 Å². The molecule has 0 spiro atoms. The van der Waals surface area contributed by atoms with Gasteiger partial charge in [0.15, 0.2) is 0 Å². The summed E-state index contributed by atoms with van der Waals surface area (Å²) in [5, 5.41) is 5.60. The number of ether oxygens (including phenoxy) is 3. The normalized spacial score (nSPS) is 10.1. The molecule has 33 heavy (non-hydrogen) atoms. The Bertz CT molecular complexity index is 1110. The Balaban J connectivity index is 1.66. The van der Waals surface area contributed by atoms with E-state index in [0.29, 0.717) is 34.9 Å². The van der Waals surface area contributed by atoms with E-state index >= 15 is 0 Å². The molecule has 3 aromatic carbocycles. The fourth-order valence-corrected chi connectivity index (χ4v) is 2.88. The Morgan fingerprint density at radius 2 is 1.15 bits per heavy atom. The van der Waals surface area contributed by atoms with E-state index in [-0.39, 0.29) is 24.2 Å². The maximum absolute atomic E-state index is 12.7. The van der Waals surface area contributed by atoms with Crippen LogP contribution in [0.1, 0.15) is 34.6 Å². The van der Waals surface area contributed by atoms with Gasteiger partial charge in [0.25, 0.3) is 11.8 Å². The van der Waals surface area contributed by atoms with E-state index in [1.54, 1.807) is 55.5 Å². The van der Waals surface area contributed by atoms with Crippen LogP contribution in [-0.2, 0) is 4.74 Å². The molecule has 2 amide bonds. The first kappa shape index (κ1) is 23.3. The van der Waals surface area contributed by atoms with Gasteiger partial charge in [-0.1, -0.05) is 12.1 Å². The van der Waals surface area contributed by atoms with Crippen molar-refractivity contribution in [3.63, 3.8) is 0 Å². The van der Waals surface area contributed by atoms with Gasteiger partial charge in [-0.25, -0.2) is 4.79 Å². The van der Waals surface area contributed by atoms with Crippen LogP contribution in [0.4, 0.5) is 16.2 Å².